The van der Waals surface area contributed by atoms with E-state index in [2.05, 4.69) is 46.8 Å². The molecule has 0 spiro atoms. The topological polar surface area (TPSA) is 63.6 Å². The summed E-state index contributed by atoms with van der Waals surface area (Å²) in [5.41, 5.74) is 0.583. The summed E-state index contributed by atoms with van der Waals surface area (Å²) in [4.78, 5) is 24.5. The first kappa shape index (κ1) is 20.5. The first-order valence-corrected chi connectivity index (χ1v) is 11.7. The van der Waals surface area contributed by atoms with Crippen LogP contribution in [0.1, 0.15) is 66.7 Å². The van der Waals surface area contributed by atoms with Crippen LogP contribution in [0.2, 0.25) is 0 Å². The van der Waals surface area contributed by atoms with E-state index in [1.165, 1.54) is 5.57 Å². The van der Waals surface area contributed by atoms with E-state index in [9.17, 15) is 14.7 Å². The minimum Gasteiger partial charge on any atom is -0.465 e. The fraction of sp³-hybridized carbons (Fsp3) is 0.769. The van der Waals surface area contributed by atoms with Crippen LogP contribution in [0.25, 0.3) is 0 Å². The average molecular weight is 413 g/mol. The van der Waals surface area contributed by atoms with Crippen molar-refractivity contribution in [2.75, 3.05) is 6.61 Å². The Morgan fingerprint density at radius 2 is 1.83 bits per heavy atom. The largest absolute Gasteiger partial charge is 0.465 e. The molecule has 30 heavy (non-hydrogen) atoms. The van der Waals surface area contributed by atoms with E-state index in [1.807, 2.05) is 6.08 Å². The molecule has 5 rings (SSSR count). The second-order valence-corrected chi connectivity index (χ2v) is 12.0. The summed E-state index contributed by atoms with van der Waals surface area (Å²) in [6.45, 7) is 11.6. The predicted molar refractivity (Wildman–Crippen MR) is 114 cm³/mol. The Morgan fingerprint density at radius 1 is 1.10 bits per heavy atom. The van der Waals surface area contributed by atoms with Crippen molar-refractivity contribution in [1.82, 2.24) is 0 Å². The standard InChI is InChI=1S/C26H36O4/c1-23(2)19-13-21(28)26(5)17-7-6-16(15-12-22(29)30-14-15)24(17,3)10-8-18(26)25(19,4)11-9-20(23)27/h7,9,11,15-16,18-19,21,28H,6,8,10,12-14H2,1-5H3/t15?,16-,18+,19-,21+,24-,25+,26-/m0/s1. The Bertz CT molecular complexity index is 868. The summed E-state index contributed by atoms with van der Waals surface area (Å²) in [7, 11) is 0. The molecule has 1 saturated heterocycles. The number of carbonyl (C=O) groups is 2. The molecule has 1 N–H and O–H groups in total. The van der Waals surface area contributed by atoms with Crippen LogP contribution >= 0.6 is 0 Å². The van der Waals surface area contributed by atoms with Gasteiger partial charge in [-0.25, -0.2) is 0 Å². The number of ketones is 1. The number of allylic oxidation sites excluding steroid dienone is 3. The summed E-state index contributed by atoms with van der Waals surface area (Å²) >= 11 is 0. The van der Waals surface area contributed by atoms with E-state index in [0.29, 0.717) is 31.3 Å². The van der Waals surface area contributed by atoms with Crippen LogP contribution in [0.5, 0.6) is 0 Å². The molecule has 1 aliphatic heterocycles. The van der Waals surface area contributed by atoms with Gasteiger partial charge in [0.05, 0.1) is 19.1 Å². The second-order valence-electron chi connectivity index (χ2n) is 12.0. The number of carbonyl (C=O) groups excluding carboxylic acids is 2. The van der Waals surface area contributed by atoms with Crippen LogP contribution in [-0.4, -0.2) is 29.6 Å². The van der Waals surface area contributed by atoms with Gasteiger partial charge in [-0.3, -0.25) is 9.59 Å². The third-order valence-corrected chi connectivity index (χ3v) is 10.5. The first-order chi connectivity index (χ1) is 14.0. The zero-order chi connectivity index (χ0) is 21.7. The van der Waals surface area contributed by atoms with Crippen molar-refractivity contribution in [2.45, 2.75) is 72.8 Å². The highest BCUT2D eigenvalue weighted by molar-refractivity contribution is 5.95. The lowest BCUT2D eigenvalue weighted by atomic mass is 9.38. The maximum absolute atomic E-state index is 12.7. The molecule has 0 aromatic rings. The number of aliphatic hydroxyl groups excluding tert-OH is 1. The molecule has 8 atom stereocenters. The van der Waals surface area contributed by atoms with Crippen LogP contribution in [0.4, 0.5) is 0 Å². The van der Waals surface area contributed by atoms with E-state index < -0.39 is 11.5 Å². The molecule has 0 amide bonds. The van der Waals surface area contributed by atoms with E-state index in [0.717, 1.165) is 19.3 Å². The number of aliphatic hydroxyl groups is 1. The van der Waals surface area contributed by atoms with Gasteiger partial charge < -0.3 is 9.84 Å². The summed E-state index contributed by atoms with van der Waals surface area (Å²) in [5.74, 6) is 1.28. The van der Waals surface area contributed by atoms with Gasteiger partial charge in [0, 0.05) is 16.7 Å². The molecule has 4 nitrogen and oxygen atoms in total. The van der Waals surface area contributed by atoms with Gasteiger partial charge >= 0.3 is 5.97 Å². The molecular weight excluding hydrogens is 376 g/mol. The molecule has 3 fully saturated rings. The molecule has 4 aliphatic carbocycles. The van der Waals surface area contributed by atoms with Crippen molar-refractivity contribution < 1.29 is 19.4 Å². The first-order valence-electron chi connectivity index (χ1n) is 11.7. The minimum atomic E-state index is -0.453. The highest BCUT2D eigenvalue weighted by Crippen LogP contribution is 2.72. The number of hydrogen-bond acceptors (Lipinski definition) is 4. The lowest BCUT2D eigenvalue weighted by molar-refractivity contribution is -0.165. The number of esters is 1. The average Bonchev–Trinajstić information content (AvgIpc) is 3.25. The molecular formula is C26H36O4. The van der Waals surface area contributed by atoms with E-state index in [4.69, 9.17) is 4.74 Å². The number of rotatable bonds is 1. The Balaban J connectivity index is 1.55. The van der Waals surface area contributed by atoms with Crippen LogP contribution in [0.15, 0.2) is 23.8 Å². The fourth-order valence-electron chi connectivity index (χ4n) is 8.81. The van der Waals surface area contributed by atoms with Crippen molar-refractivity contribution in [2.24, 2.45) is 45.3 Å². The van der Waals surface area contributed by atoms with Crippen LogP contribution in [0, 0.1) is 45.3 Å². The lowest BCUT2D eigenvalue weighted by Crippen LogP contribution is -2.63. The summed E-state index contributed by atoms with van der Waals surface area (Å²) in [6.07, 6.45) is 10.2. The predicted octanol–water partition coefficient (Wildman–Crippen LogP) is 4.47. The minimum absolute atomic E-state index is 0.0117. The smallest absolute Gasteiger partial charge is 0.306 e. The molecule has 1 unspecified atom stereocenters. The zero-order valence-electron chi connectivity index (χ0n) is 19.0. The van der Waals surface area contributed by atoms with Crippen molar-refractivity contribution in [3.63, 3.8) is 0 Å². The molecule has 5 aliphatic rings. The van der Waals surface area contributed by atoms with Gasteiger partial charge in [0.25, 0.3) is 0 Å². The maximum atomic E-state index is 12.7. The lowest BCUT2D eigenvalue weighted by Gasteiger charge is -2.66. The summed E-state index contributed by atoms with van der Waals surface area (Å²) in [5, 5.41) is 11.6. The SMILES string of the molecule is CC1(C)C(=O)C=C[C@]2(C)[C@H]3CC[C@]4(C)C(=CC[C@H]4C4COC(=O)C4)[C@]3(C)[C@H](O)C[C@@H]12. The second kappa shape index (κ2) is 6.09. The van der Waals surface area contributed by atoms with Crippen molar-refractivity contribution in [3.8, 4) is 0 Å². The number of hydrogen-bond donors (Lipinski definition) is 1. The highest BCUT2D eigenvalue weighted by Gasteiger charge is 2.67. The Hall–Kier alpha value is -1.42. The third-order valence-electron chi connectivity index (χ3n) is 10.5. The van der Waals surface area contributed by atoms with Crippen LogP contribution in [0.3, 0.4) is 0 Å². The number of ether oxygens (including phenoxy) is 1. The van der Waals surface area contributed by atoms with Gasteiger partial charge in [0.2, 0.25) is 0 Å². The van der Waals surface area contributed by atoms with E-state index in [-0.39, 0.29) is 39.8 Å². The molecule has 0 radical (unpaired) electrons. The van der Waals surface area contributed by atoms with Crippen LogP contribution < -0.4 is 0 Å². The fourth-order valence-corrected chi connectivity index (χ4v) is 8.81. The van der Waals surface area contributed by atoms with Crippen molar-refractivity contribution >= 4 is 11.8 Å². The van der Waals surface area contributed by atoms with Gasteiger partial charge in [-0.2, -0.15) is 0 Å². The highest BCUT2D eigenvalue weighted by atomic mass is 16.5. The van der Waals surface area contributed by atoms with Gasteiger partial charge in [-0.05, 0) is 60.3 Å². The van der Waals surface area contributed by atoms with E-state index >= 15 is 0 Å². The molecule has 164 valence electrons. The molecule has 0 bridgehead atoms. The molecule has 1 heterocycles. The summed E-state index contributed by atoms with van der Waals surface area (Å²) in [6, 6.07) is 0. The van der Waals surface area contributed by atoms with E-state index in [1.54, 1.807) is 0 Å². The van der Waals surface area contributed by atoms with Crippen molar-refractivity contribution in [1.29, 1.82) is 0 Å². The van der Waals surface area contributed by atoms with Gasteiger partial charge in [-0.15, -0.1) is 0 Å². The van der Waals surface area contributed by atoms with Crippen molar-refractivity contribution in [3.05, 3.63) is 23.8 Å². The summed E-state index contributed by atoms with van der Waals surface area (Å²) < 4.78 is 5.32. The number of fused-ring (bicyclic) bond motifs is 5. The maximum Gasteiger partial charge on any atom is 0.306 e. The third kappa shape index (κ3) is 2.32. The monoisotopic (exact) mass is 412 g/mol. The van der Waals surface area contributed by atoms with Gasteiger partial charge in [0.15, 0.2) is 5.78 Å². The molecule has 0 aromatic heterocycles. The van der Waals surface area contributed by atoms with Gasteiger partial charge in [0.1, 0.15) is 0 Å². The van der Waals surface area contributed by atoms with Crippen LogP contribution in [-0.2, 0) is 14.3 Å². The molecule has 4 heteroatoms. The Kier molecular flexibility index (Phi) is 4.16. The molecule has 2 saturated carbocycles. The quantitative estimate of drug-likeness (QED) is 0.510. The Morgan fingerprint density at radius 3 is 2.50 bits per heavy atom. The van der Waals surface area contributed by atoms with Gasteiger partial charge in [-0.1, -0.05) is 52.3 Å². The molecule has 0 aromatic carbocycles. The normalized spacial score (nSPS) is 51.7. The Labute approximate surface area is 180 Å². The zero-order valence-corrected chi connectivity index (χ0v) is 19.0. The number of cyclic esters (lactones) is 1.